The molecule has 60 heavy (non-hydrogen) atoms. The van der Waals surface area contributed by atoms with Gasteiger partial charge in [0.1, 0.15) is 5.58 Å². The van der Waals surface area contributed by atoms with E-state index < -0.39 is 8.07 Å². The van der Waals surface area contributed by atoms with Crippen LogP contribution in [0.3, 0.4) is 0 Å². The molecule has 1 atom stereocenters. The summed E-state index contributed by atoms with van der Waals surface area (Å²) in [6.45, 7) is 16.4. The Kier molecular flexibility index (Phi) is 14.1. The maximum Gasteiger partial charge on any atom is 0.128 e. The topological polar surface area (TPSA) is 38.9 Å². The summed E-state index contributed by atoms with van der Waals surface area (Å²) in [4.78, 5) is 9.63. The van der Waals surface area contributed by atoms with Crippen molar-refractivity contribution in [3.8, 4) is 33.6 Å². The van der Waals surface area contributed by atoms with Crippen molar-refractivity contribution in [1.29, 1.82) is 0 Å². The fourth-order valence-corrected chi connectivity index (χ4v) is 11.2. The number of benzene rings is 4. The van der Waals surface area contributed by atoms with Gasteiger partial charge < -0.3 is 14.4 Å². The maximum atomic E-state index is 6.62. The summed E-state index contributed by atoms with van der Waals surface area (Å²) in [7, 11) is -1.42. The Bertz CT molecular complexity index is 2520. The minimum atomic E-state index is -1.42. The third-order valence-corrected chi connectivity index (χ3v) is 15.4. The van der Waals surface area contributed by atoms with Gasteiger partial charge in [0.05, 0.1) is 13.7 Å². The second-order valence-electron chi connectivity index (χ2n) is 18.9. The molecule has 2 saturated carbocycles. The molecule has 0 saturated heterocycles. The van der Waals surface area contributed by atoms with E-state index >= 15 is 0 Å². The van der Waals surface area contributed by atoms with Gasteiger partial charge >= 0.3 is 0 Å². The van der Waals surface area contributed by atoms with Gasteiger partial charge in [0, 0.05) is 43.4 Å². The first-order valence-electron chi connectivity index (χ1n) is 22.4. The number of hydrogen-bond donors (Lipinski definition) is 0. The number of para-hydroxylation sites is 1. The van der Waals surface area contributed by atoms with Crippen LogP contribution >= 0.6 is 0 Å². The molecular weight excluding hydrogens is 925 g/mol. The second kappa shape index (κ2) is 19.3. The van der Waals surface area contributed by atoms with Crippen molar-refractivity contribution in [3.05, 3.63) is 138 Å². The summed E-state index contributed by atoms with van der Waals surface area (Å²) in [6, 6.07) is 39.4. The molecule has 5 heteroatoms. The van der Waals surface area contributed by atoms with Crippen LogP contribution in [0.2, 0.25) is 19.6 Å². The van der Waals surface area contributed by atoms with Gasteiger partial charge in [-0.05, 0) is 71.1 Å². The van der Waals surface area contributed by atoms with Gasteiger partial charge in [-0.3, -0.25) is 0 Å². The largest absolute Gasteiger partial charge is 0.500 e. The maximum absolute atomic E-state index is 6.62. The molecule has 2 aliphatic rings. The zero-order valence-corrected chi connectivity index (χ0v) is 40.2. The summed E-state index contributed by atoms with van der Waals surface area (Å²) in [5.74, 6) is 2.72. The van der Waals surface area contributed by atoms with Crippen LogP contribution in [0.15, 0.2) is 108 Å². The fourth-order valence-electron chi connectivity index (χ4n) is 9.63. The molecule has 2 fully saturated rings. The first-order valence-corrected chi connectivity index (χ1v) is 25.9. The number of hydrogen-bond acceptors (Lipinski definition) is 3. The number of rotatable bonds is 9. The third kappa shape index (κ3) is 9.65. The van der Waals surface area contributed by atoms with Gasteiger partial charge in [-0.25, -0.2) is 0 Å². The summed E-state index contributed by atoms with van der Waals surface area (Å²) in [6.07, 6.45) is 17.5. The summed E-state index contributed by atoms with van der Waals surface area (Å²) in [5, 5.41) is 3.82. The fraction of sp³-hybridized carbons (Fsp3) is 0.382. The van der Waals surface area contributed by atoms with Crippen molar-refractivity contribution >= 4 is 35.2 Å². The molecule has 3 heterocycles. The quantitative estimate of drug-likeness (QED) is 0.107. The molecule has 0 aliphatic heterocycles. The molecule has 9 rings (SSSR count). The monoisotopic (exact) mass is 987 g/mol. The molecule has 313 valence electrons. The smallest absolute Gasteiger partial charge is 0.128 e. The Balaban J connectivity index is 0.000000184. The van der Waals surface area contributed by atoms with Gasteiger partial charge in [-0.1, -0.05) is 175 Å². The van der Waals surface area contributed by atoms with Gasteiger partial charge in [0.15, 0.2) is 0 Å². The average Bonchev–Trinajstić information content (AvgIpc) is 3.94. The number of furan rings is 1. The Morgan fingerprint density at radius 2 is 1.52 bits per heavy atom. The molecule has 4 aromatic carbocycles. The SMILES string of the molecule is CC(C)C(C)c1cc(-c2[c-]ccc(C3CCCC3)c2)ncc1[Si](C)(C)C.Cc1c[c-]c(-c2cc(CC3CCCCC3)ccn2)c2oc3c(-c4ccccc4)cccc3c12.[Ir]. The van der Waals surface area contributed by atoms with Gasteiger partial charge in [-0.15, -0.1) is 53.1 Å². The van der Waals surface area contributed by atoms with E-state index in [4.69, 9.17) is 14.4 Å². The van der Waals surface area contributed by atoms with Crippen LogP contribution < -0.4 is 5.19 Å². The van der Waals surface area contributed by atoms with Crippen LogP contribution in [0.5, 0.6) is 0 Å². The van der Waals surface area contributed by atoms with E-state index in [-0.39, 0.29) is 20.1 Å². The zero-order chi connectivity index (χ0) is 41.1. The van der Waals surface area contributed by atoms with Gasteiger partial charge in [0.25, 0.3) is 0 Å². The molecule has 2 aliphatic carbocycles. The van der Waals surface area contributed by atoms with Crippen LogP contribution in [0, 0.1) is 30.9 Å². The van der Waals surface area contributed by atoms with Crippen molar-refractivity contribution < 1.29 is 24.5 Å². The predicted molar refractivity (Wildman–Crippen MR) is 252 cm³/mol. The zero-order valence-electron chi connectivity index (χ0n) is 36.8. The molecule has 3 aromatic heterocycles. The van der Waals surface area contributed by atoms with Crippen LogP contribution in [-0.4, -0.2) is 18.0 Å². The number of nitrogens with zero attached hydrogens (tertiary/aromatic N) is 2. The second-order valence-corrected chi connectivity index (χ2v) is 24.0. The van der Waals surface area contributed by atoms with Crippen LogP contribution in [0.4, 0.5) is 0 Å². The Hall–Kier alpha value is -4.15. The van der Waals surface area contributed by atoms with E-state index in [9.17, 15) is 0 Å². The minimum absolute atomic E-state index is 0. The Morgan fingerprint density at radius 1 is 0.767 bits per heavy atom. The first kappa shape index (κ1) is 43.9. The standard InChI is InChI=1S/C31H28NO.C24H34NSi.Ir/c1-21-15-16-26(28-20-23(17-18-32-28)19-22-9-4-2-5-10-22)31-29(21)27-14-8-13-25(30(27)33-31)24-11-6-3-7-12-24;1-17(2)18(3)22-15-23(25-16-24(22)26(4,5)6)21-13-9-12-20(14-21)19-10-7-8-11-19;/h3,6-8,11-15,17-18,20,22H,2,4-5,9-10,19H2,1H3;9,12,14-19H,7-8,10-11H2,1-6H3;/q2*-1;. The molecule has 1 radical (unpaired) electrons. The number of aryl methyl sites for hydroxylation is 1. The average molecular weight is 987 g/mol. The molecule has 3 nitrogen and oxygen atoms in total. The summed E-state index contributed by atoms with van der Waals surface area (Å²) in [5.41, 5.74) is 13.8. The van der Waals surface area contributed by atoms with Crippen LogP contribution in [0.25, 0.3) is 55.6 Å². The van der Waals surface area contributed by atoms with Crippen LogP contribution in [-0.2, 0) is 26.5 Å². The van der Waals surface area contributed by atoms with Gasteiger partial charge in [-0.2, -0.15) is 0 Å². The van der Waals surface area contributed by atoms with E-state index in [0.29, 0.717) is 11.8 Å². The van der Waals surface area contributed by atoms with Gasteiger partial charge in [0.2, 0.25) is 0 Å². The molecule has 0 N–H and O–H groups in total. The number of aromatic nitrogens is 2. The van der Waals surface area contributed by atoms with Crippen molar-refractivity contribution in [1.82, 2.24) is 9.97 Å². The molecular formula is C55H62IrN2OSi-2. The Morgan fingerprint density at radius 3 is 2.25 bits per heavy atom. The molecule has 0 bridgehead atoms. The Labute approximate surface area is 374 Å². The van der Waals surface area contributed by atoms with E-state index in [0.717, 1.165) is 73.8 Å². The molecule has 0 amide bonds. The van der Waals surface area contributed by atoms with E-state index in [1.165, 1.54) is 85.2 Å². The van der Waals surface area contributed by atoms with Crippen molar-refractivity contribution in [3.63, 3.8) is 0 Å². The van der Waals surface area contributed by atoms with Crippen molar-refractivity contribution in [2.45, 2.75) is 123 Å². The number of fused-ring (bicyclic) bond motifs is 3. The first-order chi connectivity index (χ1) is 28.5. The van der Waals surface area contributed by atoms with Crippen LogP contribution in [0.1, 0.15) is 113 Å². The molecule has 7 aromatic rings. The number of pyridine rings is 2. The summed E-state index contributed by atoms with van der Waals surface area (Å²) >= 11 is 0. The summed E-state index contributed by atoms with van der Waals surface area (Å²) < 4.78 is 6.62. The van der Waals surface area contributed by atoms with Crippen molar-refractivity contribution in [2.75, 3.05) is 0 Å². The molecule has 1 unspecified atom stereocenters. The van der Waals surface area contributed by atoms with E-state index in [1.807, 2.05) is 12.3 Å². The third-order valence-electron chi connectivity index (χ3n) is 13.3. The minimum Gasteiger partial charge on any atom is -0.500 e. The predicted octanol–water partition coefficient (Wildman–Crippen LogP) is 15.1. The normalized spacial score (nSPS) is 15.5. The van der Waals surface area contributed by atoms with E-state index in [2.05, 4.69) is 151 Å². The van der Waals surface area contributed by atoms with E-state index in [1.54, 1.807) is 0 Å². The molecule has 0 spiro atoms. The van der Waals surface area contributed by atoms with Crippen molar-refractivity contribution in [2.24, 2.45) is 11.8 Å².